The van der Waals surface area contributed by atoms with Gasteiger partial charge in [-0.25, -0.2) is 9.78 Å². The van der Waals surface area contributed by atoms with E-state index in [2.05, 4.69) is 4.98 Å². The lowest BCUT2D eigenvalue weighted by Crippen LogP contribution is -2.24. The molecule has 0 N–H and O–H groups in total. The maximum atomic E-state index is 13.4. The Morgan fingerprint density at radius 1 is 0.675 bits per heavy atom. The highest BCUT2D eigenvalue weighted by molar-refractivity contribution is 6.10. The summed E-state index contributed by atoms with van der Waals surface area (Å²) in [6.07, 6.45) is 0. The number of hydrogen-bond acceptors (Lipinski definition) is 6. The second-order valence-electron chi connectivity index (χ2n) is 9.30. The average molecular weight is 533 g/mol. The predicted molar refractivity (Wildman–Crippen MR) is 153 cm³/mol. The third-order valence-corrected chi connectivity index (χ3v) is 6.15. The zero-order valence-electron chi connectivity index (χ0n) is 22.2. The van der Waals surface area contributed by atoms with Gasteiger partial charge in [-0.2, -0.15) is 0 Å². The summed E-state index contributed by atoms with van der Waals surface area (Å²) in [5.74, 6) is 0.344. The fraction of sp³-hybridized carbons (Fsp3) is 0.121. The number of amides is 1. The van der Waals surface area contributed by atoms with Gasteiger partial charge in [-0.1, -0.05) is 78.9 Å². The van der Waals surface area contributed by atoms with Gasteiger partial charge in [0.25, 0.3) is 5.91 Å². The molecule has 0 atom stereocenters. The van der Waals surface area contributed by atoms with E-state index in [1.54, 1.807) is 32.3 Å². The first kappa shape index (κ1) is 26.4. The van der Waals surface area contributed by atoms with Gasteiger partial charge in [-0.15, -0.1) is 0 Å². The van der Waals surface area contributed by atoms with Crippen LogP contribution in [0.5, 0.6) is 17.2 Å². The van der Waals surface area contributed by atoms with Crippen molar-refractivity contribution in [1.29, 1.82) is 0 Å². The van der Waals surface area contributed by atoms with E-state index >= 15 is 0 Å². The largest absolute Gasteiger partial charge is 0.486 e. The van der Waals surface area contributed by atoms with Gasteiger partial charge in [0.2, 0.25) is 0 Å². The fourth-order valence-electron chi connectivity index (χ4n) is 4.14. The number of pyridine rings is 1. The summed E-state index contributed by atoms with van der Waals surface area (Å²) in [6.45, 7) is 0.248. The lowest BCUT2D eigenvalue weighted by atomic mass is 10.1. The highest BCUT2D eigenvalue weighted by atomic mass is 16.5. The normalized spacial score (nSPS) is 10.7. The molecule has 1 heterocycles. The topological polar surface area (TPSA) is 78.0 Å². The monoisotopic (exact) mass is 532 g/mol. The number of carbonyl (C=O) groups excluding carboxylic acids is 2. The van der Waals surface area contributed by atoms with E-state index in [9.17, 15) is 9.59 Å². The van der Waals surface area contributed by atoms with Crippen molar-refractivity contribution in [3.8, 4) is 17.2 Å². The van der Waals surface area contributed by atoms with E-state index in [1.165, 1.54) is 4.90 Å². The molecule has 0 saturated carbocycles. The number of esters is 1. The second-order valence-corrected chi connectivity index (χ2v) is 9.30. The van der Waals surface area contributed by atoms with Gasteiger partial charge < -0.3 is 19.1 Å². The molecule has 0 aliphatic carbocycles. The van der Waals surface area contributed by atoms with Gasteiger partial charge in [0, 0.05) is 24.9 Å². The Morgan fingerprint density at radius 2 is 1.27 bits per heavy atom. The summed E-state index contributed by atoms with van der Waals surface area (Å²) >= 11 is 0. The summed E-state index contributed by atoms with van der Waals surface area (Å²) in [5, 5.41) is 1.04. The summed E-state index contributed by atoms with van der Waals surface area (Å²) < 4.78 is 17.9. The molecule has 7 heteroatoms. The van der Waals surface area contributed by atoms with E-state index in [0.717, 1.165) is 11.1 Å². The maximum Gasteiger partial charge on any atom is 0.361 e. The van der Waals surface area contributed by atoms with Gasteiger partial charge >= 0.3 is 5.97 Å². The van der Waals surface area contributed by atoms with Crippen LogP contribution in [0.3, 0.4) is 0 Å². The van der Waals surface area contributed by atoms with Crippen molar-refractivity contribution in [3.05, 3.63) is 132 Å². The molecule has 7 nitrogen and oxygen atoms in total. The Labute approximate surface area is 232 Å². The molecule has 1 amide bonds. The van der Waals surface area contributed by atoms with Crippen molar-refractivity contribution in [1.82, 2.24) is 9.88 Å². The molecule has 0 radical (unpaired) electrons. The molecule has 0 saturated heterocycles. The molecule has 5 rings (SSSR count). The predicted octanol–water partition coefficient (Wildman–Crippen LogP) is 6.66. The van der Waals surface area contributed by atoms with E-state index in [1.807, 2.05) is 91.0 Å². The minimum absolute atomic E-state index is 0.0539. The van der Waals surface area contributed by atoms with Crippen LogP contribution in [0.15, 0.2) is 109 Å². The number of benzene rings is 4. The number of para-hydroxylation sites is 1. The van der Waals surface area contributed by atoms with Crippen molar-refractivity contribution in [2.45, 2.75) is 13.2 Å². The van der Waals surface area contributed by atoms with E-state index in [4.69, 9.17) is 14.2 Å². The number of carbonyl (C=O) groups is 2. The van der Waals surface area contributed by atoms with Crippen LogP contribution in [0, 0.1) is 0 Å². The van der Waals surface area contributed by atoms with Crippen LogP contribution in [0.25, 0.3) is 10.8 Å². The number of aromatic nitrogens is 1. The van der Waals surface area contributed by atoms with Crippen molar-refractivity contribution in [2.75, 3.05) is 14.1 Å². The Hall–Kier alpha value is -5.17. The van der Waals surface area contributed by atoms with E-state index in [0.29, 0.717) is 22.3 Å². The van der Waals surface area contributed by atoms with Gasteiger partial charge in [0.15, 0.2) is 11.4 Å². The molecule has 0 unspecified atom stereocenters. The standard InChI is InChI=1S/C33H28N2O5/c1-35(2)32(36)29-28-20-26(40-25-16-10-5-11-17-25)18-19-27(28)31(38-21-23-12-6-3-7-13-23)30(34-29)33(37)39-22-24-14-8-4-9-15-24/h3-20H,21-22H2,1-2H3. The fourth-order valence-corrected chi connectivity index (χ4v) is 4.14. The highest BCUT2D eigenvalue weighted by Crippen LogP contribution is 2.36. The zero-order chi connectivity index (χ0) is 27.9. The van der Waals surface area contributed by atoms with E-state index < -0.39 is 5.97 Å². The molecular weight excluding hydrogens is 504 g/mol. The van der Waals surface area contributed by atoms with Crippen LogP contribution < -0.4 is 9.47 Å². The van der Waals surface area contributed by atoms with Crippen molar-refractivity contribution < 1.29 is 23.8 Å². The summed E-state index contributed by atoms with van der Waals surface area (Å²) in [4.78, 5) is 32.7. The number of rotatable bonds is 9. The quantitative estimate of drug-likeness (QED) is 0.198. The molecule has 0 aliphatic heterocycles. The highest BCUT2D eigenvalue weighted by Gasteiger charge is 2.26. The van der Waals surface area contributed by atoms with Gasteiger partial charge in [-0.3, -0.25) is 4.79 Å². The molecule has 4 aromatic carbocycles. The number of nitrogens with zero attached hydrogens (tertiary/aromatic N) is 2. The van der Waals surface area contributed by atoms with Crippen LogP contribution in [-0.2, 0) is 18.0 Å². The molecule has 5 aromatic rings. The van der Waals surface area contributed by atoms with Gasteiger partial charge in [-0.05, 0) is 41.5 Å². The minimum Gasteiger partial charge on any atom is -0.486 e. The van der Waals surface area contributed by atoms with E-state index in [-0.39, 0.29) is 36.3 Å². The first-order chi connectivity index (χ1) is 19.5. The molecule has 0 bridgehead atoms. The van der Waals surface area contributed by atoms with Crippen LogP contribution in [0.4, 0.5) is 0 Å². The molecule has 200 valence electrons. The second kappa shape index (κ2) is 12.1. The van der Waals surface area contributed by atoms with Crippen LogP contribution in [-0.4, -0.2) is 35.9 Å². The minimum atomic E-state index is -0.689. The third kappa shape index (κ3) is 6.10. The Kier molecular flexibility index (Phi) is 8.02. The smallest absolute Gasteiger partial charge is 0.361 e. The average Bonchev–Trinajstić information content (AvgIpc) is 2.99. The zero-order valence-corrected chi connectivity index (χ0v) is 22.2. The SMILES string of the molecule is CN(C)C(=O)c1nc(C(=O)OCc2ccccc2)c(OCc2ccccc2)c2ccc(Oc3ccccc3)cc12. The van der Waals surface area contributed by atoms with Crippen LogP contribution in [0.1, 0.15) is 32.1 Å². The number of ether oxygens (including phenoxy) is 3. The summed E-state index contributed by atoms with van der Waals surface area (Å²) in [5.41, 5.74) is 1.77. The third-order valence-electron chi connectivity index (χ3n) is 6.15. The van der Waals surface area contributed by atoms with Crippen molar-refractivity contribution >= 4 is 22.6 Å². The van der Waals surface area contributed by atoms with Crippen molar-refractivity contribution in [2.24, 2.45) is 0 Å². The molecule has 40 heavy (non-hydrogen) atoms. The Morgan fingerprint density at radius 3 is 1.90 bits per heavy atom. The maximum absolute atomic E-state index is 13.4. The molecule has 0 spiro atoms. The Bertz CT molecular complexity index is 1620. The summed E-state index contributed by atoms with van der Waals surface area (Å²) in [7, 11) is 3.26. The summed E-state index contributed by atoms with van der Waals surface area (Å²) in [6, 6.07) is 33.6. The van der Waals surface area contributed by atoms with Gasteiger partial charge in [0.1, 0.15) is 30.4 Å². The molecule has 0 aliphatic rings. The first-order valence-electron chi connectivity index (χ1n) is 12.8. The number of fused-ring (bicyclic) bond motifs is 1. The van der Waals surface area contributed by atoms with Crippen LogP contribution in [0.2, 0.25) is 0 Å². The lowest BCUT2D eigenvalue weighted by molar-refractivity contribution is 0.0460. The molecule has 1 aromatic heterocycles. The van der Waals surface area contributed by atoms with Crippen LogP contribution >= 0.6 is 0 Å². The lowest BCUT2D eigenvalue weighted by Gasteiger charge is -2.18. The first-order valence-corrected chi connectivity index (χ1v) is 12.8. The Balaban J connectivity index is 1.60. The molecular formula is C33H28N2O5. The van der Waals surface area contributed by atoms with Gasteiger partial charge in [0.05, 0.1) is 0 Å². The molecule has 0 fully saturated rings. The number of hydrogen-bond donors (Lipinski definition) is 0. The van der Waals surface area contributed by atoms with Crippen molar-refractivity contribution in [3.63, 3.8) is 0 Å².